The smallest absolute Gasteiger partial charge is 0.120 e. The summed E-state index contributed by atoms with van der Waals surface area (Å²) in [5.74, 6) is 0.845. The third-order valence-corrected chi connectivity index (χ3v) is 2.81. The molecule has 0 bridgehead atoms. The summed E-state index contributed by atoms with van der Waals surface area (Å²) in [6.45, 7) is 2.48. The average Bonchev–Trinajstić information content (AvgIpc) is 2.28. The summed E-state index contributed by atoms with van der Waals surface area (Å²) >= 11 is 6.07. The van der Waals surface area contributed by atoms with Crippen molar-refractivity contribution in [1.82, 2.24) is 0 Å². The predicted octanol–water partition coefficient (Wildman–Crippen LogP) is 3.81. The van der Waals surface area contributed by atoms with E-state index in [0.717, 1.165) is 11.3 Å². The van der Waals surface area contributed by atoms with E-state index in [1.807, 2.05) is 43.3 Å². The minimum absolute atomic E-state index is 0.447. The lowest BCUT2D eigenvalue weighted by Crippen LogP contribution is -1.97. The van der Waals surface area contributed by atoms with Crippen LogP contribution in [0.4, 0.5) is 5.69 Å². The lowest BCUT2D eigenvalue weighted by molar-refractivity contribution is 0.306. The monoisotopic (exact) mass is 247 g/mol. The summed E-state index contributed by atoms with van der Waals surface area (Å²) in [5, 5.41) is 0.637. The summed E-state index contributed by atoms with van der Waals surface area (Å²) in [6, 6.07) is 13.4. The Morgan fingerprint density at radius 3 is 2.71 bits per heavy atom. The summed E-state index contributed by atoms with van der Waals surface area (Å²) < 4.78 is 5.67. The first-order chi connectivity index (χ1) is 8.15. The molecule has 17 heavy (non-hydrogen) atoms. The van der Waals surface area contributed by atoms with Gasteiger partial charge in [-0.05, 0) is 36.8 Å². The zero-order chi connectivity index (χ0) is 12.3. The molecule has 0 aliphatic heterocycles. The maximum Gasteiger partial charge on any atom is 0.120 e. The molecule has 2 N–H and O–H groups in total. The molecule has 2 aromatic carbocycles. The van der Waals surface area contributed by atoms with Gasteiger partial charge in [-0.1, -0.05) is 29.8 Å². The van der Waals surface area contributed by atoms with Gasteiger partial charge in [-0.3, -0.25) is 0 Å². The minimum Gasteiger partial charge on any atom is -0.489 e. The Hall–Kier alpha value is -1.67. The number of benzene rings is 2. The van der Waals surface area contributed by atoms with E-state index in [1.165, 1.54) is 5.56 Å². The van der Waals surface area contributed by atoms with E-state index in [1.54, 1.807) is 6.07 Å². The number of halogens is 1. The molecule has 0 spiro atoms. The number of anilines is 1. The zero-order valence-corrected chi connectivity index (χ0v) is 10.4. The molecular formula is C14H14ClNO. The van der Waals surface area contributed by atoms with Gasteiger partial charge in [0.1, 0.15) is 12.4 Å². The van der Waals surface area contributed by atoms with Crippen molar-refractivity contribution in [3.63, 3.8) is 0 Å². The standard InChI is InChI=1S/C14H14ClNO/c1-10-3-2-4-13(7-10)17-9-11-5-6-12(16)8-14(11)15/h2-8H,9,16H2,1H3. The molecule has 0 aliphatic rings. The van der Waals surface area contributed by atoms with E-state index in [4.69, 9.17) is 22.1 Å². The summed E-state index contributed by atoms with van der Waals surface area (Å²) in [6.07, 6.45) is 0. The van der Waals surface area contributed by atoms with Crippen LogP contribution in [0.25, 0.3) is 0 Å². The largest absolute Gasteiger partial charge is 0.489 e. The number of hydrogen-bond acceptors (Lipinski definition) is 2. The lowest BCUT2D eigenvalue weighted by atomic mass is 10.2. The molecule has 0 unspecified atom stereocenters. The van der Waals surface area contributed by atoms with E-state index in [9.17, 15) is 0 Å². The van der Waals surface area contributed by atoms with E-state index < -0.39 is 0 Å². The van der Waals surface area contributed by atoms with Gasteiger partial charge in [0, 0.05) is 16.3 Å². The molecule has 0 aliphatic carbocycles. The molecule has 0 radical (unpaired) electrons. The molecule has 2 nitrogen and oxygen atoms in total. The highest BCUT2D eigenvalue weighted by Crippen LogP contribution is 2.21. The van der Waals surface area contributed by atoms with Crippen molar-refractivity contribution in [3.05, 3.63) is 58.6 Å². The predicted molar refractivity (Wildman–Crippen MR) is 71.4 cm³/mol. The van der Waals surface area contributed by atoms with E-state index in [0.29, 0.717) is 17.3 Å². The van der Waals surface area contributed by atoms with Crippen molar-refractivity contribution >= 4 is 17.3 Å². The highest BCUT2D eigenvalue weighted by molar-refractivity contribution is 6.31. The second kappa shape index (κ2) is 5.11. The van der Waals surface area contributed by atoms with Gasteiger partial charge < -0.3 is 10.5 Å². The van der Waals surface area contributed by atoms with Crippen LogP contribution in [0.15, 0.2) is 42.5 Å². The maximum atomic E-state index is 6.07. The van der Waals surface area contributed by atoms with Crippen molar-refractivity contribution in [2.75, 3.05) is 5.73 Å². The molecule has 2 rings (SSSR count). The maximum absolute atomic E-state index is 6.07. The quantitative estimate of drug-likeness (QED) is 0.837. The number of rotatable bonds is 3. The number of ether oxygens (including phenoxy) is 1. The Labute approximate surface area is 106 Å². The second-order valence-corrected chi connectivity index (χ2v) is 4.36. The van der Waals surface area contributed by atoms with Crippen LogP contribution in [-0.2, 0) is 6.61 Å². The van der Waals surface area contributed by atoms with Crippen molar-refractivity contribution in [3.8, 4) is 5.75 Å². The van der Waals surface area contributed by atoms with Gasteiger partial charge in [0.25, 0.3) is 0 Å². The topological polar surface area (TPSA) is 35.2 Å². The number of hydrogen-bond donors (Lipinski definition) is 1. The van der Waals surface area contributed by atoms with Crippen LogP contribution in [0.3, 0.4) is 0 Å². The van der Waals surface area contributed by atoms with E-state index in [2.05, 4.69) is 0 Å². The fourth-order valence-corrected chi connectivity index (χ4v) is 1.79. The molecular weight excluding hydrogens is 234 g/mol. The molecule has 0 atom stereocenters. The second-order valence-electron chi connectivity index (χ2n) is 3.96. The Balaban J connectivity index is 2.07. The number of aryl methyl sites for hydroxylation is 1. The molecule has 0 amide bonds. The van der Waals surface area contributed by atoms with Crippen molar-refractivity contribution in [2.24, 2.45) is 0 Å². The van der Waals surface area contributed by atoms with Crippen LogP contribution < -0.4 is 10.5 Å². The van der Waals surface area contributed by atoms with Crippen LogP contribution in [0.1, 0.15) is 11.1 Å². The first-order valence-corrected chi connectivity index (χ1v) is 5.76. The Bertz CT molecular complexity index is 525. The summed E-state index contributed by atoms with van der Waals surface area (Å²) in [4.78, 5) is 0. The lowest BCUT2D eigenvalue weighted by Gasteiger charge is -2.08. The Morgan fingerprint density at radius 1 is 1.18 bits per heavy atom. The van der Waals surface area contributed by atoms with Crippen LogP contribution >= 0.6 is 11.6 Å². The van der Waals surface area contributed by atoms with Gasteiger partial charge in [-0.25, -0.2) is 0 Å². The SMILES string of the molecule is Cc1cccc(OCc2ccc(N)cc2Cl)c1. The van der Waals surface area contributed by atoms with E-state index in [-0.39, 0.29) is 0 Å². The zero-order valence-electron chi connectivity index (χ0n) is 9.61. The highest BCUT2D eigenvalue weighted by atomic mass is 35.5. The Morgan fingerprint density at radius 2 is 2.00 bits per heavy atom. The van der Waals surface area contributed by atoms with Crippen LogP contribution in [0.5, 0.6) is 5.75 Å². The highest BCUT2D eigenvalue weighted by Gasteiger charge is 2.02. The van der Waals surface area contributed by atoms with Gasteiger partial charge in [0.2, 0.25) is 0 Å². The molecule has 3 heteroatoms. The van der Waals surface area contributed by atoms with Crippen LogP contribution in [-0.4, -0.2) is 0 Å². The van der Waals surface area contributed by atoms with Gasteiger partial charge in [0.05, 0.1) is 0 Å². The number of nitrogen functional groups attached to an aromatic ring is 1. The number of nitrogens with two attached hydrogens (primary N) is 1. The third-order valence-electron chi connectivity index (χ3n) is 2.46. The minimum atomic E-state index is 0.447. The molecule has 2 aromatic rings. The van der Waals surface area contributed by atoms with Crippen LogP contribution in [0.2, 0.25) is 5.02 Å². The van der Waals surface area contributed by atoms with Gasteiger partial charge in [-0.2, -0.15) is 0 Å². The molecule has 0 saturated carbocycles. The normalized spacial score (nSPS) is 10.2. The third kappa shape index (κ3) is 3.14. The molecule has 88 valence electrons. The van der Waals surface area contributed by atoms with Crippen molar-refractivity contribution < 1.29 is 4.74 Å². The summed E-state index contributed by atoms with van der Waals surface area (Å²) in [7, 11) is 0. The van der Waals surface area contributed by atoms with Crippen molar-refractivity contribution in [2.45, 2.75) is 13.5 Å². The van der Waals surface area contributed by atoms with Gasteiger partial charge >= 0.3 is 0 Å². The van der Waals surface area contributed by atoms with Gasteiger partial charge in [0.15, 0.2) is 0 Å². The summed E-state index contributed by atoms with van der Waals surface area (Å²) in [5.41, 5.74) is 8.40. The van der Waals surface area contributed by atoms with Crippen molar-refractivity contribution in [1.29, 1.82) is 0 Å². The molecule has 0 saturated heterocycles. The van der Waals surface area contributed by atoms with Gasteiger partial charge in [-0.15, -0.1) is 0 Å². The fourth-order valence-electron chi connectivity index (χ4n) is 1.55. The fraction of sp³-hybridized carbons (Fsp3) is 0.143. The van der Waals surface area contributed by atoms with Crippen LogP contribution in [0, 0.1) is 6.92 Å². The molecule has 0 aromatic heterocycles. The van der Waals surface area contributed by atoms with E-state index >= 15 is 0 Å². The average molecular weight is 248 g/mol. The Kier molecular flexibility index (Phi) is 3.55. The molecule has 0 heterocycles. The molecule has 0 fully saturated rings. The first-order valence-electron chi connectivity index (χ1n) is 5.38. The first kappa shape index (κ1) is 11.8.